The summed E-state index contributed by atoms with van der Waals surface area (Å²) in [5.41, 5.74) is 8.27. The maximum Gasteiger partial charge on any atom is 0.213 e. The van der Waals surface area contributed by atoms with E-state index in [1.54, 1.807) is 19.2 Å². The van der Waals surface area contributed by atoms with E-state index in [1.807, 2.05) is 42.5 Å². The van der Waals surface area contributed by atoms with Crippen molar-refractivity contribution >= 4 is 5.82 Å². The minimum Gasteiger partial charge on any atom is -0.481 e. The predicted molar refractivity (Wildman–Crippen MR) is 81.7 cm³/mol. The average molecular weight is 278 g/mol. The lowest BCUT2D eigenvalue weighted by Gasteiger charge is -2.06. The van der Waals surface area contributed by atoms with Crippen molar-refractivity contribution in [3.63, 3.8) is 0 Å². The van der Waals surface area contributed by atoms with Crippen LogP contribution in [0, 0.1) is 0 Å². The number of pyridine rings is 1. The van der Waals surface area contributed by atoms with Gasteiger partial charge in [0.05, 0.1) is 12.8 Å². The third-order valence-corrected chi connectivity index (χ3v) is 2.98. The first-order valence-corrected chi connectivity index (χ1v) is 6.47. The normalized spacial score (nSPS) is 10.3. The number of nitrogen functional groups attached to an aromatic ring is 1. The topological polar surface area (TPSA) is 73.9 Å². The van der Waals surface area contributed by atoms with Crippen LogP contribution in [-0.2, 0) is 0 Å². The molecule has 0 bridgehead atoms. The van der Waals surface area contributed by atoms with E-state index in [0.29, 0.717) is 23.2 Å². The molecule has 2 heterocycles. The lowest BCUT2D eigenvalue weighted by molar-refractivity contribution is 0.398. The number of rotatable bonds is 3. The monoisotopic (exact) mass is 278 g/mol. The van der Waals surface area contributed by atoms with Crippen LogP contribution < -0.4 is 10.5 Å². The van der Waals surface area contributed by atoms with Gasteiger partial charge >= 0.3 is 0 Å². The number of nitrogens with zero attached hydrogens (tertiary/aromatic N) is 3. The molecule has 5 nitrogen and oxygen atoms in total. The number of aromatic nitrogens is 3. The zero-order valence-electron chi connectivity index (χ0n) is 11.5. The second kappa shape index (κ2) is 5.58. The van der Waals surface area contributed by atoms with Gasteiger partial charge in [0.25, 0.3) is 0 Å². The Balaban J connectivity index is 2.09. The molecule has 5 heteroatoms. The molecule has 0 amide bonds. The Bertz CT molecular complexity index is 759. The Kier molecular flexibility index (Phi) is 3.47. The number of ether oxygens (including phenoxy) is 1. The highest BCUT2D eigenvalue weighted by Crippen LogP contribution is 2.23. The van der Waals surface area contributed by atoms with Gasteiger partial charge in [0.1, 0.15) is 11.5 Å². The zero-order chi connectivity index (χ0) is 14.7. The molecule has 0 atom stereocenters. The van der Waals surface area contributed by atoms with Crippen LogP contribution in [0.15, 0.2) is 54.6 Å². The van der Waals surface area contributed by atoms with Gasteiger partial charge in [-0.25, -0.2) is 15.0 Å². The first-order chi connectivity index (χ1) is 10.3. The molecule has 2 N–H and O–H groups in total. The van der Waals surface area contributed by atoms with Crippen molar-refractivity contribution < 1.29 is 4.74 Å². The number of benzene rings is 1. The standard InChI is InChI=1S/C16H14N4O/c1-21-15-9-5-8-12(18-15)16-19-13(10-14(17)20-16)11-6-3-2-4-7-11/h2-10H,1H3,(H2,17,19,20). The van der Waals surface area contributed by atoms with Crippen molar-refractivity contribution in [3.8, 4) is 28.7 Å². The van der Waals surface area contributed by atoms with Crippen molar-refractivity contribution in [2.75, 3.05) is 12.8 Å². The van der Waals surface area contributed by atoms with Crippen LogP contribution in [0.2, 0.25) is 0 Å². The van der Waals surface area contributed by atoms with Gasteiger partial charge in [-0.2, -0.15) is 0 Å². The minimum absolute atomic E-state index is 0.406. The van der Waals surface area contributed by atoms with Crippen LogP contribution >= 0.6 is 0 Å². The molecule has 0 saturated heterocycles. The van der Waals surface area contributed by atoms with Crippen LogP contribution in [0.1, 0.15) is 0 Å². The Morgan fingerprint density at radius 1 is 0.857 bits per heavy atom. The molecule has 21 heavy (non-hydrogen) atoms. The van der Waals surface area contributed by atoms with E-state index >= 15 is 0 Å². The molecule has 3 aromatic rings. The van der Waals surface area contributed by atoms with E-state index < -0.39 is 0 Å². The molecule has 1 aromatic carbocycles. The van der Waals surface area contributed by atoms with Gasteiger partial charge in [-0.3, -0.25) is 0 Å². The molecular weight excluding hydrogens is 264 g/mol. The minimum atomic E-state index is 0.406. The quantitative estimate of drug-likeness (QED) is 0.797. The van der Waals surface area contributed by atoms with Crippen LogP contribution in [0.4, 0.5) is 5.82 Å². The molecule has 0 aliphatic heterocycles. The largest absolute Gasteiger partial charge is 0.481 e. The first kappa shape index (κ1) is 13.1. The fourth-order valence-corrected chi connectivity index (χ4v) is 1.99. The predicted octanol–water partition coefficient (Wildman–Crippen LogP) is 2.80. The van der Waals surface area contributed by atoms with Gasteiger partial charge in [0.2, 0.25) is 5.88 Å². The number of hydrogen-bond donors (Lipinski definition) is 1. The van der Waals surface area contributed by atoms with E-state index in [-0.39, 0.29) is 0 Å². The third kappa shape index (κ3) is 2.81. The van der Waals surface area contributed by atoms with E-state index in [9.17, 15) is 0 Å². The summed E-state index contributed by atoms with van der Waals surface area (Å²) in [6, 6.07) is 17.0. The van der Waals surface area contributed by atoms with Gasteiger partial charge < -0.3 is 10.5 Å². The van der Waals surface area contributed by atoms with Crippen LogP contribution in [0.3, 0.4) is 0 Å². The first-order valence-electron chi connectivity index (χ1n) is 6.47. The zero-order valence-corrected chi connectivity index (χ0v) is 11.5. The molecule has 0 fully saturated rings. The number of nitrogens with two attached hydrogens (primary N) is 1. The summed E-state index contributed by atoms with van der Waals surface area (Å²) in [7, 11) is 1.57. The highest BCUT2D eigenvalue weighted by atomic mass is 16.5. The average Bonchev–Trinajstić information content (AvgIpc) is 2.55. The van der Waals surface area contributed by atoms with Crippen molar-refractivity contribution in [1.82, 2.24) is 15.0 Å². The lowest BCUT2D eigenvalue weighted by Crippen LogP contribution is -1.99. The van der Waals surface area contributed by atoms with E-state index in [4.69, 9.17) is 10.5 Å². The molecule has 2 aromatic heterocycles. The fourth-order valence-electron chi connectivity index (χ4n) is 1.99. The summed E-state index contributed by atoms with van der Waals surface area (Å²) in [6.07, 6.45) is 0. The van der Waals surface area contributed by atoms with Crippen LogP contribution in [0.5, 0.6) is 5.88 Å². The van der Waals surface area contributed by atoms with E-state index in [1.165, 1.54) is 0 Å². The summed E-state index contributed by atoms with van der Waals surface area (Å²) < 4.78 is 5.12. The number of hydrogen-bond acceptors (Lipinski definition) is 5. The Morgan fingerprint density at radius 2 is 1.67 bits per heavy atom. The van der Waals surface area contributed by atoms with Gasteiger partial charge in [-0.15, -0.1) is 0 Å². The highest BCUT2D eigenvalue weighted by Gasteiger charge is 2.09. The van der Waals surface area contributed by atoms with Crippen molar-refractivity contribution in [2.45, 2.75) is 0 Å². The van der Waals surface area contributed by atoms with E-state index in [0.717, 1.165) is 11.3 Å². The molecule has 0 saturated carbocycles. The summed E-state index contributed by atoms with van der Waals surface area (Å²) >= 11 is 0. The third-order valence-electron chi connectivity index (χ3n) is 2.98. The smallest absolute Gasteiger partial charge is 0.213 e. The van der Waals surface area contributed by atoms with Crippen molar-refractivity contribution in [3.05, 3.63) is 54.6 Å². The maximum atomic E-state index is 5.89. The summed E-state index contributed by atoms with van der Waals surface area (Å²) in [6.45, 7) is 0. The van der Waals surface area contributed by atoms with Crippen molar-refractivity contribution in [1.29, 1.82) is 0 Å². The molecule has 0 aliphatic rings. The van der Waals surface area contributed by atoms with Gasteiger partial charge in [-0.1, -0.05) is 36.4 Å². The molecule has 0 unspecified atom stereocenters. The number of anilines is 1. The lowest BCUT2D eigenvalue weighted by atomic mass is 10.1. The van der Waals surface area contributed by atoms with Crippen LogP contribution in [0.25, 0.3) is 22.8 Å². The Labute approximate surface area is 122 Å². The summed E-state index contributed by atoms with van der Waals surface area (Å²) in [4.78, 5) is 13.1. The van der Waals surface area contributed by atoms with Gasteiger partial charge in [0, 0.05) is 17.7 Å². The highest BCUT2D eigenvalue weighted by molar-refractivity contribution is 5.65. The Hall–Kier alpha value is -2.95. The SMILES string of the molecule is COc1cccc(-c2nc(N)cc(-c3ccccc3)n2)n1. The summed E-state index contributed by atoms with van der Waals surface area (Å²) in [5.74, 6) is 1.40. The molecular formula is C16H14N4O. The fraction of sp³-hybridized carbons (Fsp3) is 0.0625. The molecule has 3 rings (SSSR count). The van der Waals surface area contributed by atoms with E-state index in [2.05, 4.69) is 15.0 Å². The van der Waals surface area contributed by atoms with Gasteiger partial charge in [0.15, 0.2) is 5.82 Å². The maximum absolute atomic E-state index is 5.89. The molecule has 104 valence electrons. The molecule has 0 spiro atoms. The molecule has 0 radical (unpaired) electrons. The van der Waals surface area contributed by atoms with Crippen LogP contribution in [-0.4, -0.2) is 22.1 Å². The Morgan fingerprint density at radius 3 is 2.43 bits per heavy atom. The molecule has 0 aliphatic carbocycles. The summed E-state index contributed by atoms with van der Waals surface area (Å²) in [5, 5.41) is 0. The second-order valence-electron chi connectivity index (χ2n) is 4.43. The number of methoxy groups -OCH3 is 1. The van der Waals surface area contributed by atoms with Crippen molar-refractivity contribution in [2.24, 2.45) is 0 Å². The second-order valence-corrected chi connectivity index (χ2v) is 4.43. The van der Waals surface area contributed by atoms with Gasteiger partial charge in [-0.05, 0) is 6.07 Å².